The molecule has 1 aromatic rings. The molecule has 1 aromatic carbocycles. The summed E-state index contributed by atoms with van der Waals surface area (Å²) in [5.74, 6) is 1.05. The Morgan fingerprint density at radius 1 is 1.35 bits per heavy atom. The van der Waals surface area contributed by atoms with Crippen LogP contribution in [0.1, 0.15) is 42.6 Å². The lowest BCUT2D eigenvalue weighted by atomic mass is 9.99. The Labute approximate surface area is 126 Å². The van der Waals surface area contributed by atoms with Crippen molar-refractivity contribution < 1.29 is 9.53 Å². The van der Waals surface area contributed by atoms with Crippen molar-refractivity contribution >= 4 is 17.5 Å². The Hall–Kier alpha value is -1.22. The Morgan fingerprint density at radius 3 is 2.55 bits per heavy atom. The minimum atomic E-state index is -0.111. The molecular weight excluding hydrogens is 274 g/mol. The van der Waals surface area contributed by atoms with E-state index in [-0.39, 0.29) is 11.3 Å². The van der Waals surface area contributed by atoms with Gasteiger partial charge in [0.25, 0.3) is 5.91 Å². The van der Waals surface area contributed by atoms with Crippen molar-refractivity contribution in [2.24, 2.45) is 5.92 Å². The predicted molar refractivity (Wildman–Crippen MR) is 83.8 cm³/mol. The summed E-state index contributed by atoms with van der Waals surface area (Å²) in [4.78, 5) is 12.1. The fraction of sp³-hybridized carbons (Fsp3) is 0.562. The molecule has 0 bridgehead atoms. The van der Waals surface area contributed by atoms with Crippen molar-refractivity contribution in [3.8, 4) is 5.75 Å². The number of alkyl halides is 1. The first kappa shape index (κ1) is 16.8. The number of amides is 1. The van der Waals surface area contributed by atoms with Crippen molar-refractivity contribution in [1.29, 1.82) is 0 Å². The van der Waals surface area contributed by atoms with Crippen LogP contribution in [-0.2, 0) is 0 Å². The molecule has 0 saturated carbocycles. The van der Waals surface area contributed by atoms with Crippen LogP contribution in [0.3, 0.4) is 0 Å². The number of nitrogens with one attached hydrogen (secondary N) is 1. The Kier molecular flexibility index (Phi) is 6.86. The zero-order valence-corrected chi connectivity index (χ0v) is 13.5. The van der Waals surface area contributed by atoms with Gasteiger partial charge in [0.05, 0.1) is 12.5 Å². The van der Waals surface area contributed by atoms with Crippen LogP contribution in [0.2, 0.25) is 0 Å². The van der Waals surface area contributed by atoms with Gasteiger partial charge in [-0.2, -0.15) is 0 Å². The maximum Gasteiger partial charge on any atom is 0.251 e. The van der Waals surface area contributed by atoms with E-state index in [1.807, 2.05) is 13.0 Å². The number of hydrogen-bond donors (Lipinski definition) is 1. The standard InChI is InChI=1S/C16H24ClNO2/c1-5-12(6-2)14(17)10-18-16(19)13-8-7-11(3)15(9-13)20-4/h7-9,12,14H,5-6,10H2,1-4H3,(H,18,19). The van der Waals surface area contributed by atoms with Gasteiger partial charge in [-0.05, 0) is 30.5 Å². The number of methoxy groups -OCH3 is 1. The topological polar surface area (TPSA) is 38.3 Å². The van der Waals surface area contributed by atoms with Crippen molar-refractivity contribution in [3.05, 3.63) is 29.3 Å². The summed E-state index contributed by atoms with van der Waals surface area (Å²) in [6, 6.07) is 5.44. The van der Waals surface area contributed by atoms with Gasteiger partial charge in [-0.25, -0.2) is 0 Å². The second-order valence-electron chi connectivity index (χ2n) is 4.99. The number of carbonyl (C=O) groups is 1. The summed E-state index contributed by atoms with van der Waals surface area (Å²) in [5, 5.41) is 2.87. The van der Waals surface area contributed by atoms with Crippen LogP contribution in [0.4, 0.5) is 0 Å². The van der Waals surface area contributed by atoms with Gasteiger partial charge in [0, 0.05) is 12.1 Å². The number of hydrogen-bond acceptors (Lipinski definition) is 2. The quantitative estimate of drug-likeness (QED) is 0.778. The lowest BCUT2D eigenvalue weighted by Gasteiger charge is -2.19. The van der Waals surface area contributed by atoms with Crippen LogP contribution in [-0.4, -0.2) is 24.9 Å². The summed E-state index contributed by atoms with van der Waals surface area (Å²) in [6.45, 7) is 6.68. The van der Waals surface area contributed by atoms with Crippen molar-refractivity contribution in [2.45, 2.75) is 39.0 Å². The highest BCUT2D eigenvalue weighted by molar-refractivity contribution is 6.21. The summed E-state index contributed by atoms with van der Waals surface area (Å²) >= 11 is 6.32. The minimum absolute atomic E-state index is 0.0266. The number of halogens is 1. The number of rotatable bonds is 7. The van der Waals surface area contributed by atoms with Gasteiger partial charge in [0.2, 0.25) is 0 Å². The maximum absolute atomic E-state index is 12.1. The molecule has 0 aromatic heterocycles. The van der Waals surface area contributed by atoms with E-state index in [2.05, 4.69) is 19.2 Å². The first-order valence-corrected chi connectivity index (χ1v) is 7.54. The molecule has 4 heteroatoms. The van der Waals surface area contributed by atoms with Gasteiger partial charge < -0.3 is 10.1 Å². The highest BCUT2D eigenvalue weighted by Gasteiger charge is 2.17. The average molecular weight is 298 g/mol. The van der Waals surface area contributed by atoms with E-state index in [1.165, 1.54) is 0 Å². The van der Waals surface area contributed by atoms with Crippen molar-refractivity contribution in [1.82, 2.24) is 5.32 Å². The van der Waals surface area contributed by atoms with Gasteiger partial charge in [0.1, 0.15) is 5.75 Å². The molecule has 0 aliphatic rings. The molecule has 0 spiro atoms. The fourth-order valence-electron chi connectivity index (χ4n) is 2.22. The third kappa shape index (κ3) is 4.41. The monoisotopic (exact) mass is 297 g/mol. The van der Waals surface area contributed by atoms with Gasteiger partial charge in [-0.1, -0.05) is 32.8 Å². The highest BCUT2D eigenvalue weighted by Crippen LogP contribution is 2.20. The third-order valence-corrected chi connectivity index (χ3v) is 4.20. The number of ether oxygens (including phenoxy) is 1. The number of aryl methyl sites for hydroxylation is 1. The number of carbonyl (C=O) groups excluding carboxylic acids is 1. The summed E-state index contributed by atoms with van der Waals surface area (Å²) in [6.07, 6.45) is 2.05. The lowest BCUT2D eigenvalue weighted by Crippen LogP contribution is -2.33. The normalized spacial score (nSPS) is 12.3. The molecule has 0 fully saturated rings. The predicted octanol–water partition coefficient (Wildman–Crippen LogP) is 3.78. The second-order valence-corrected chi connectivity index (χ2v) is 5.55. The molecule has 1 N–H and O–H groups in total. The molecule has 1 rings (SSSR count). The van der Waals surface area contributed by atoms with E-state index in [0.29, 0.717) is 18.0 Å². The zero-order chi connectivity index (χ0) is 15.1. The molecule has 0 aliphatic carbocycles. The summed E-state index contributed by atoms with van der Waals surface area (Å²) < 4.78 is 5.23. The lowest BCUT2D eigenvalue weighted by molar-refractivity contribution is 0.0951. The minimum Gasteiger partial charge on any atom is -0.496 e. The molecule has 0 saturated heterocycles. The van der Waals surface area contributed by atoms with Gasteiger partial charge in [-0.3, -0.25) is 4.79 Å². The molecule has 1 unspecified atom stereocenters. The molecule has 1 atom stereocenters. The summed E-state index contributed by atoms with van der Waals surface area (Å²) in [5.41, 5.74) is 1.61. The molecule has 0 radical (unpaired) electrons. The van der Waals surface area contributed by atoms with Gasteiger partial charge >= 0.3 is 0 Å². The van der Waals surface area contributed by atoms with Crippen LogP contribution in [0.25, 0.3) is 0 Å². The fourth-order valence-corrected chi connectivity index (χ4v) is 2.65. The molecule has 0 aliphatic heterocycles. The zero-order valence-electron chi connectivity index (χ0n) is 12.7. The first-order valence-electron chi connectivity index (χ1n) is 7.10. The van der Waals surface area contributed by atoms with E-state index in [0.717, 1.165) is 24.2 Å². The van der Waals surface area contributed by atoms with Gasteiger partial charge in [0.15, 0.2) is 0 Å². The van der Waals surface area contributed by atoms with Crippen LogP contribution in [0.5, 0.6) is 5.75 Å². The number of benzene rings is 1. The van der Waals surface area contributed by atoms with E-state index in [9.17, 15) is 4.79 Å². The van der Waals surface area contributed by atoms with Crippen LogP contribution in [0.15, 0.2) is 18.2 Å². The molecular formula is C16H24ClNO2. The van der Waals surface area contributed by atoms with E-state index in [4.69, 9.17) is 16.3 Å². The average Bonchev–Trinajstić information content (AvgIpc) is 2.46. The van der Waals surface area contributed by atoms with Crippen LogP contribution in [0, 0.1) is 12.8 Å². The first-order chi connectivity index (χ1) is 9.53. The maximum atomic E-state index is 12.1. The SMILES string of the molecule is CCC(CC)C(Cl)CNC(=O)c1ccc(C)c(OC)c1. The Balaban J connectivity index is 2.63. The smallest absolute Gasteiger partial charge is 0.251 e. The Morgan fingerprint density at radius 2 is 2.00 bits per heavy atom. The molecule has 20 heavy (non-hydrogen) atoms. The van der Waals surface area contributed by atoms with Gasteiger partial charge in [-0.15, -0.1) is 11.6 Å². The third-order valence-electron chi connectivity index (χ3n) is 3.69. The van der Waals surface area contributed by atoms with Crippen molar-refractivity contribution in [2.75, 3.05) is 13.7 Å². The van der Waals surface area contributed by atoms with E-state index < -0.39 is 0 Å². The van der Waals surface area contributed by atoms with Crippen LogP contribution < -0.4 is 10.1 Å². The molecule has 1 amide bonds. The van der Waals surface area contributed by atoms with Crippen molar-refractivity contribution in [3.63, 3.8) is 0 Å². The second kappa shape index (κ2) is 8.15. The highest BCUT2D eigenvalue weighted by atomic mass is 35.5. The molecule has 112 valence electrons. The summed E-state index contributed by atoms with van der Waals surface area (Å²) in [7, 11) is 1.60. The van der Waals surface area contributed by atoms with Crippen LogP contribution >= 0.6 is 11.6 Å². The van der Waals surface area contributed by atoms with E-state index >= 15 is 0 Å². The Bertz CT molecular complexity index is 444. The van der Waals surface area contributed by atoms with E-state index in [1.54, 1.807) is 19.2 Å². The molecule has 3 nitrogen and oxygen atoms in total. The molecule has 0 heterocycles. The largest absolute Gasteiger partial charge is 0.496 e.